The largest absolute Gasteiger partial charge is 0.355 e. The Balaban J connectivity index is 1.41. The molecule has 30 heavy (non-hydrogen) atoms. The summed E-state index contributed by atoms with van der Waals surface area (Å²) >= 11 is 0.996. The Morgan fingerprint density at radius 3 is 2.90 bits per heavy atom. The molecule has 0 bridgehead atoms. The van der Waals surface area contributed by atoms with Crippen LogP contribution in [-0.2, 0) is 21.2 Å². The maximum absolute atomic E-state index is 13.2. The van der Waals surface area contributed by atoms with Crippen LogP contribution in [0.2, 0.25) is 0 Å². The molecule has 0 unspecified atom stereocenters. The van der Waals surface area contributed by atoms with Gasteiger partial charge in [0.15, 0.2) is 0 Å². The summed E-state index contributed by atoms with van der Waals surface area (Å²) in [6.07, 6.45) is 2.09. The van der Waals surface area contributed by atoms with Crippen LogP contribution >= 0.6 is 11.7 Å². The van der Waals surface area contributed by atoms with Gasteiger partial charge in [0.05, 0.1) is 17.6 Å². The van der Waals surface area contributed by atoms with Crippen molar-refractivity contribution in [2.45, 2.75) is 31.1 Å². The average Bonchev–Trinajstić information content (AvgIpc) is 3.22. The summed E-state index contributed by atoms with van der Waals surface area (Å²) in [6.45, 7) is 3.17. The zero-order chi connectivity index (χ0) is 21.1. The second-order valence-electron chi connectivity index (χ2n) is 7.62. The van der Waals surface area contributed by atoms with Gasteiger partial charge in [-0.15, -0.1) is 0 Å². The van der Waals surface area contributed by atoms with Gasteiger partial charge < -0.3 is 5.32 Å². The molecule has 1 fully saturated rings. The molecule has 2 heterocycles. The topological polar surface area (TPSA) is 92.3 Å². The predicted molar refractivity (Wildman–Crippen MR) is 117 cm³/mol. The van der Waals surface area contributed by atoms with Gasteiger partial charge in [0.1, 0.15) is 15.9 Å². The fourth-order valence-corrected chi connectivity index (χ4v) is 6.12. The maximum atomic E-state index is 13.2. The highest BCUT2D eigenvalue weighted by Gasteiger charge is 2.34. The van der Waals surface area contributed by atoms with E-state index >= 15 is 0 Å². The van der Waals surface area contributed by atoms with E-state index < -0.39 is 10.0 Å². The summed E-state index contributed by atoms with van der Waals surface area (Å²) in [5.41, 5.74) is 3.33. The lowest BCUT2D eigenvalue weighted by atomic mass is 9.98. The Kier molecular flexibility index (Phi) is 6.12. The summed E-state index contributed by atoms with van der Waals surface area (Å²) in [5, 5.41) is 2.98. The smallest absolute Gasteiger partial charge is 0.245 e. The molecule has 0 saturated carbocycles. The Morgan fingerprint density at radius 2 is 2.07 bits per heavy atom. The van der Waals surface area contributed by atoms with Gasteiger partial charge in [-0.2, -0.15) is 13.1 Å². The Labute approximate surface area is 180 Å². The molecule has 0 spiro atoms. The zero-order valence-corrected chi connectivity index (χ0v) is 18.4. The van der Waals surface area contributed by atoms with Crippen molar-refractivity contribution in [3.63, 3.8) is 0 Å². The first kappa shape index (κ1) is 20.9. The van der Waals surface area contributed by atoms with E-state index in [0.717, 1.165) is 18.1 Å². The zero-order valence-electron chi connectivity index (χ0n) is 16.7. The number of hydrogen-bond donors (Lipinski definition) is 1. The average molecular weight is 445 g/mol. The Bertz CT molecular complexity index is 1160. The molecule has 0 radical (unpaired) electrons. The summed E-state index contributed by atoms with van der Waals surface area (Å²) in [5.74, 6) is -0.435. The minimum atomic E-state index is -3.74. The quantitative estimate of drug-likeness (QED) is 0.631. The molecule has 1 N–H and O–H groups in total. The lowest BCUT2D eigenvalue weighted by Gasteiger charge is -2.31. The normalized spacial score (nSPS) is 17.8. The van der Waals surface area contributed by atoms with E-state index in [1.807, 2.05) is 25.1 Å². The lowest BCUT2D eigenvalue weighted by Crippen LogP contribution is -2.45. The third-order valence-corrected chi connectivity index (χ3v) is 7.86. The molecular weight excluding hydrogens is 420 g/mol. The fourth-order valence-electron chi connectivity index (χ4n) is 3.85. The molecule has 9 heteroatoms. The van der Waals surface area contributed by atoms with Crippen molar-refractivity contribution in [1.29, 1.82) is 0 Å². The number of hydrogen-bond acceptors (Lipinski definition) is 6. The van der Waals surface area contributed by atoms with Crippen LogP contribution in [0.25, 0.3) is 11.0 Å². The first-order valence-electron chi connectivity index (χ1n) is 10.00. The van der Waals surface area contributed by atoms with Crippen molar-refractivity contribution in [2.75, 3.05) is 19.6 Å². The standard InChI is InChI=1S/C21H24N4O3S2/c1-15-5-2-6-16(13-15)10-11-22-21(26)17-7-4-12-25(14-17)30(27,28)19-9-3-8-18-20(19)24-29-23-18/h2-3,5-6,8-9,13,17H,4,7,10-12,14H2,1H3,(H,22,26)/t17-/m0/s1. The SMILES string of the molecule is Cc1cccc(CCNC(=O)[C@H]2CCCN(S(=O)(=O)c3cccc4nsnc34)C2)c1. The highest BCUT2D eigenvalue weighted by Crippen LogP contribution is 2.28. The number of carbonyl (C=O) groups excluding carboxylic acids is 1. The maximum Gasteiger partial charge on any atom is 0.245 e. The summed E-state index contributed by atoms with van der Waals surface area (Å²) in [6, 6.07) is 13.2. The fraction of sp³-hybridized carbons (Fsp3) is 0.381. The summed E-state index contributed by atoms with van der Waals surface area (Å²) in [4.78, 5) is 12.8. The molecule has 158 valence electrons. The van der Waals surface area contributed by atoms with Crippen molar-refractivity contribution in [3.8, 4) is 0 Å². The minimum absolute atomic E-state index is 0.0870. The predicted octanol–water partition coefficient (Wildman–Crippen LogP) is 2.76. The number of aromatic nitrogens is 2. The number of rotatable bonds is 6. The number of carbonyl (C=O) groups is 1. The van der Waals surface area contributed by atoms with E-state index in [1.54, 1.807) is 18.2 Å². The van der Waals surface area contributed by atoms with Gasteiger partial charge >= 0.3 is 0 Å². The molecule has 1 atom stereocenters. The van der Waals surface area contributed by atoms with E-state index in [1.165, 1.54) is 15.4 Å². The highest BCUT2D eigenvalue weighted by molar-refractivity contribution is 7.89. The van der Waals surface area contributed by atoms with Gasteiger partial charge in [-0.1, -0.05) is 35.9 Å². The number of nitrogens with one attached hydrogen (secondary N) is 1. The molecule has 1 amide bonds. The first-order valence-corrected chi connectivity index (χ1v) is 12.2. The molecule has 7 nitrogen and oxygen atoms in total. The van der Waals surface area contributed by atoms with Crippen LogP contribution in [0.5, 0.6) is 0 Å². The van der Waals surface area contributed by atoms with Gasteiger partial charge in [0.2, 0.25) is 15.9 Å². The van der Waals surface area contributed by atoms with E-state index in [9.17, 15) is 13.2 Å². The van der Waals surface area contributed by atoms with Gasteiger partial charge in [0.25, 0.3) is 0 Å². The van der Waals surface area contributed by atoms with Crippen molar-refractivity contribution in [3.05, 3.63) is 53.6 Å². The second-order valence-corrected chi connectivity index (χ2v) is 10.1. The molecule has 1 aliphatic heterocycles. The van der Waals surface area contributed by atoms with E-state index in [2.05, 4.69) is 20.1 Å². The van der Waals surface area contributed by atoms with Crippen LogP contribution in [0.4, 0.5) is 0 Å². The molecule has 1 saturated heterocycles. The van der Waals surface area contributed by atoms with Gasteiger partial charge in [0, 0.05) is 19.6 Å². The third-order valence-electron chi connectivity index (χ3n) is 5.42. The highest BCUT2D eigenvalue weighted by atomic mass is 32.2. The van der Waals surface area contributed by atoms with Crippen molar-refractivity contribution >= 4 is 38.7 Å². The number of sulfonamides is 1. The lowest BCUT2D eigenvalue weighted by molar-refractivity contribution is -0.126. The summed E-state index contributed by atoms with van der Waals surface area (Å²) < 4.78 is 36.2. The molecule has 3 aromatic rings. The summed E-state index contributed by atoms with van der Waals surface area (Å²) in [7, 11) is -3.74. The molecule has 0 aliphatic carbocycles. The van der Waals surface area contributed by atoms with Crippen LogP contribution in [0, 0.1) is 12.8 Å². The van der Waals surface area contributed by atoms with Crippen LogP contribution in [0.3, 0.4) is 0 Å². The molecular formula is C21H24N4O3S2. The molecule has 2 aromatic carbocycles. The Morgan fingerprint density at radius 1 is 1.23 bits per heavy atom. The van der Waals surface area contributed by atoms with E-state index in [0.29, 0.717) is 37.0 Å². The second kappa shape index (κ2) is 8.79. The Hall–Kier alpha value is -2.36. The number of nitrogens with zero attached hydrogens (tertiary/aromatic N) is 3. The number of fused-ring (bicyclic) bond motifs is 1. The van der Waals surface area contributed by atoms with Crippen LogP contribution in [0.15, 0.2) is 47.4 Å². The number of piperidine rings is 1. The van der Waals surface area contributed by atoms with Gasteiger partial charge in [-0.3, -0.25) is 4.79 Å². The molecule has 1 aliphatic rings. The minimum Gasteiger partial charge on any atom is -0.355 e. The number of amides is 1. The van der Waals surface area contributed by atoms with Crippen molar-refractivity contribution < 1.29 is 13.2 Å². The van der Waals surface area contributed by atoms with E-state index in [-0.39, 0.29) is 23.3 Å². The third kappa shape index (κ3) is 4.38. The van der Waals surface area contributed by atoms with E-state index in [4.69, 9.17) is 0 Å². The molecule has 4 rings (SSSR count). The van der Waals surface area contributed by atoms with Crippen LogP contribution in [-0.4, -0.2) is 47.0 Å². The first-order chi connectivity index (χ1) is 14.4. The van der Waals surface area contributed by atoms with Crippen LogP contribution in [0.1, 0.15) is 24.0 Å². The monoisotopic (exact) mass is 444 g/mol. The molecule has 1 aromatic heterocycles. The van der Waals surface area contributed by atoms with Crippen molar-refractivity contribution in [2.24, 2.45) is 5.92 Å². The number of benzene rings is 2. The van der Waals surface area contributed by atoms with Gasteiger partial charge in [-0.25, -0.2) is 8.42 Å². The number of aryl methyl sites for hydroxylation is 1. The van der Waals surface area contributed by atoms with Gasteiger partial charge in [-0.05, 0) is 43.9 Å². The van der Waals surface area contributed by atoms with Crippen molar-refractivity contribution in [1.82, 2.24) is 18.4 Å². The van der Waals surface area contributed by atoms with Crippen LogP contribution < -0.4 is 5.32 Å².